The SMILES string of the molecule is CO[C@@H](C(=O)N[C@H]1COc2ccccc2N(Cc2cc(F)cc(F)c2)C1=O)[C@H](O)[C@@H](O)[C@H](O)/C=C/C(C)(C)C. The number of amides is 2. The highest BCUT2D eigenvalue weighted by molar-refractivity contribution is 6.01. The Morgan fingerprint density at radius 3 is 2.41 bits per heavy atom. The first-order valence-corrected chi connectivity index (χ1v) is 12.4. The lowest BCUT2D eigenvalue weighted by Crippen LogP contribution is -2.57. The van der Waals surface area contributed by atoms with Crippen molar-refractivity contribution in [1.29, 1.82) is 0 Å². The molecule has 2 amide bonds. The van der Waals surface area contributed by atoms with Gasteiger partial charge in [0.1, 0.15) is 48.3 Å². The molecule has 212 valence electrons. The fraction of sp³-hybridized carbons (Fsp3) is 0.429. The molecular formula is C28H34F2N2O7. The molecule has 9 nitrogen and oxygen atoms in total. The van der Waals surface area contributed by atoms with E-state index in [-0.39, 0.29) is 24.1 Å². The van der Waals surface area contributed by atoms with Crippen LogP contribution in [-0.4, -0.2) is 71.3 Å². The minimum atomic E-state index is -1.85. The van der Waals surface area contributed by atoms with Crippen molar-refractivity contribution in [2.24, 2.45) is 5.41 Å². The zero-order valence-corrected chi connectivity index (χ0v) is 22.2. The van der Waals surface area contributed by atoms with E-state index >= 15 is 0 Å². The maximum atomic E-state index is 13.8. The van der Waals surface area contributed by atoms with Gasteiger partial charge in [-0.3, -0.25) is 9.59 Å². The third-order valence-electron chi connectivity index (χ3n) is 6.02. The number of aliphatic hydroxyl groups is 3. The predicted molar refractivity (Wildman–Crippen MR) is 139 cm³/mol. The molecule has 5 atom stereocenters. The lowest BCUT2D eigenvalue weighted by Gasteiger charge is -2.29. The lowest BCUT2D eigenvalue weighted by atomic mass is 9.94. The first kappa shape index (κ1) is 30.2. The topological polar surface area (TPSA) is 129 Å². The Kier molecular flexibility index (Phi) is 9.78. The molecule has 39 heavy (non-hydrogen) atoms. The molecule has 0 radical (unpaired) electrons. The number of carbonyl (C=O) groups excluding carboxylic acids is 2. The lowest BCUT2D eigenvalue weighted by molar-refractivity contribution is -0.150. The average molecular weight is 549 g/mol. The van der Waals surface area contributed by atoms with Crippen LogP contribution in [0.4, 0.5) is 14.5 Å². The molecule has 1 heterocycles. The predicted octanol–water partition coefficient (Wildman–Crippen LogP) is 2.08. The molecule has 3 rings (SSSR count). The molecule has 11 heteroatoms. The van der Waals surface area contributed by atoms with Gasteiger partial charge in [-0.25, -0.2) is 8.78 Å². The summed E-state index contributed by atoms with van der Waals surface area (Å²) in [5, 5.41) is 33.8. The van der Waals surface area contributed by atoms with E-state index in [1.807, 2.05) is 20.8 Å². The Labute approximate surface area is 225 Å². The van der Waals surface area contributed by atoms with E-state index in [4.69, 9.17) is 9.47 Å². The first-order chi connectivity index (χ1) is 18.3. The number of ether oxygens (including phenoxy) is 2. The van der Waals surface area contributed by atoms with Crippen LogP contribution in [0.25, 0.3) is 0 Å². The van der Waals surface area contributed by atoms with Crippen LogP contribution in [0.3, 0.4) is 0 Å². The maximum absolute atomic E-state index is 13.8. The Bertz CT molecular complexity index is 1180. The summed E-state index contributed by atoms with van der Waals surface area (Å²) in [6.07, 6.45) is -3.81. The van der Waals surface area contributed by atoms with Gasteiger partial charge in [0.05, 0.1) is 12.2 Å². The van der Waals surface area contributed by atoms with Gasteiger partial charge >= 0.3 is 0 Å². The Morgan fingerprint density at radius 1 is 1.15 bits per heavy atom. The number of hydrogen-bond donors (Lipinski definition) is 4. The van der Waals surface area contributed by atoms with Crippen molar-refractivity contribution in [3.05, 3.63) is 71.8 Å². The summed E-state index contributed by atoms with van der Waals surface area (Å²) in [7, 11) is 1.13. The fourth-order valence-corrected chi connectivity index (χ4v) is 4.04. The van der Waals surface area contributed by atoms with Crippen molar-refractivity contribution in [3.63, 3.8) is 0 Å². The number of aliphatic hydroxyl groups excluding tert-OH is 3. The molecule has 0 fully saturated rings. The van der Waals surface area contributed by atoms with Gasteiger partial charge in [-0.1, -0.05) is 45.1 Å². The zero-order valence-electron chi connectivity index (χ0n) is 22.2. The van der Waals surface area contributed by atoms with Crippen molar-refractivity contribution in [2.45, 2.75) is 57.8 Å². The van der Waals surface area contributed by atoms with Crippen LogP contribution in [-0.2, 0) is 20.9 Å². The van der Waals surface area contributed by atoms with E-state index in [1.165, 1.54) is 11.0 Å². The van der Waals surface area contributed by atoms with Gasteiger partial charge in [0, 0.05) is 13.2 Å². The largest absolute Gasteiger partial charge is 0.489 e. The third-order valence-corrected chi connectivity index (χ3v) is 6.02. The van der Waals surface area contributed by atoms with Crippen molar-refractivity contribution in [2.75, 3.05) is 18.6 Å². The number of carbonyl (C=O) groups is 2. The van der Waals surface area contributed by atoms with Crippen LogP contribution in [0.1, 0.15) is 26.3 Å². The van der Waals surface area contributed by atoms with Crippen molar-refractivity contribution in [1.82, 2.24) is 5.32 Å². The van der Waals surface area contributed by atoms with E-state index in [2.05, 4.69) is 5.32 Å². The minimum Gasteiger partial charge on any atom is -0.489 e. The van der Waals surface area contributed by atoms with E-state index in [0.717, 1.165) is 19.2 Å². The summed E-state index contributed by atoms with van der Waals surface area (Å²) in [4.78, 5) is 27.9. The van der Waals surface area contributed by atoms with Crippen LogP contribution < -0.4 is 15.0 Å². The summed E-state index contributed by atoms with van der Waals surface area (Å²) in [5.41, 5.74) is 0.203. The number of allylic oxidation sites excluding steroid dienone is 1. The molecule has 2 aromatic carbocycles. The number of nitrogens with one attached hydrogen (secondary N) is 1. The molecule has 2 aromatic rings. The van der Waals surface area contributed by atoms with Crippen LogP contribution in [0.2, 0.25) is 0 Å². The van der Waals surface area contributed by atoms with E-state index in [1.54, 1.807) is 30.3 Å². The molecule has 0 bridgehead atoms. The Hall–Kier alpha value is -3.38. The minimum absolute atomic E-state index is 0.174. The number of benzene rings is 2. The first-order valence-electron chi connectivity index (χ1n) is 12.4. The molecule has 0 saturated heterocycles. The number of nitrogens with zero attached hydrogens (tertiary/aromatic N) is 1. The molecule has 0 spiro atoms. The van der Waals surface area contributed by atoms with Gasteiger partial charge in [0.15, 0.2) is 6.10 Å². The average Bonchev–Trinajstić information content (AvgIpc) is 2.98. The van der Waals surface area contributed by atoms with Crippen LogP contribution in [0.5, 0.6) is 5.75 Å². The van der Waals surface area contributed by atoms with Crippen LogP contribution in [0.15, 0.2) is 54.6 Å². The highest BCUT2D eigenvalue weighted by atomic mass is 19.1. The van der Waals surface area contributed by atoms with Crippen molar-refractivity contribution in [3.8, 4) is 5.75 Å². The smallest absolute Gasteiger partial charge is 0.253 e. The standard InChI is InChI=1S/C28H34F2N2O7/c1-28(2,3)10-9-21(33)23(34)24(35)25(38-4)26(36)31-19-15-39-22-8-6-5-7-20(22)32(27(19)37)14-16-11-17(29)13-18(30)12-16/h5-13,19,21,23-25,33-35H,14-15H2,1-4H3,(H,31,36)/b10-9+/t19-,21+,23-,24+,25+/m0/s1. The molecule has 1 aliphatic rings. The second-order valence-electron chi connectivity index (χ2n) is 10.4. The normalized spacial score (nSPS) is 19.1. The summed E-state index contributed by atoms with van der Waals surface area (Å²) in [6.45, 7) is 5.12. The Morgan fingerprint density at radius 2 is 1.79 bits per heavy atom. The van der Waals surface area contributed by atoms with Gasteiger partial charge in [0.2, 0.25) is 0 Å². The number of rotatable bonds is 9. The number of methoxy groups -OCH3 is 1. The second-order valence-corrected chi connectivity index (χ2v) is 10.4. The summed E-state index contributed by atoms with van der Waals surface area (Å²) in [6, 6.07) is 8.16. The van der Waals surface area contributed by atoms with E-state index < -0.39 is 53.9 Å². The van der Waals surface area contributed by atoms with Gasteiger partial charge < -0.3 is 35.0 Å². The Balaban J connectivity index is 1.81. The zero-order chi connectivity index (χ0) is 28.9. The number of para-hydroxylation sites is 2. The summed E-state index contributed by atoms with van der Waals surface area (Å²) < 4.78 is 38.5. The molecule has 4 N–H and O–H groups in total. The molecule has 0 aliphatic carbocycles. The molecule has 1 aliphatic heterocycles. The van der Waals surface area contributed by atoms with Gasteiger partial charge in [-0.15, -0.1) is 0 Å². The van der Waals surface area contributed by atoms with Crippen molar-refractivity contribution < 1.29 is 43.2 Å². The third kappa shape index (κ3) is 7.82. The fourth-order valence-electron chi connectivity index (χ4n) is 4.04. The van der Waals surface area contributed by atoms with Crippen LogP contribution in [0, 0.1) is 17.0 Å². The molecule has 0 unspecified atom stereocenters. The number of fused-ring (bicyclic) bond motifs is 1. The molecular weight excluding hydrogens is 514 g/mol. The highest BCUT2D eigenvalue weighted by Gasteiger charge is 2.39. The van der Waals surface area contributed by atoms with Crippen LogP contribution >= 0.6 is 0 Å². The quantitative estimate of drug-likeness (QED) is 0.353. The van der Waals surface area contributed by atoms with Gasteiger partial charge in [-0.2, -0.15) is 0 Å². The van der Waals surface area contributed by atoms with E-state index in [9.17, 15) is 33.7 Å². The molecule has 0 saturated carbocycles. The summed E-state index contributed by atoms with van der Waals surface area (Å²) in [5.74, 6) is -2.89. The molecule has 0 aromatic heterocycles. The summed E-state index contributed by atoms with van der Waals surface area (Å²) >= 11 is 0. The maximum Gasteiger partial charge on any atom is 0.253 e. The number of hydrogen-bond acceptors (Lipinski definition) is 7. The number of halogens is 2. The van der Waals surface area contributed by atoms with E-state index in [0.29, 0.717) is 17.5 Å². The van der Waals surface area contributed by atoms with Crippen molar-refractivity contribution >= 4 is 17.5 Å². The van der Waals surface area contributed by atoms with Gasteiger partial charge in [-0.05, 0) is 35.2 Å². The second kappa shape index (κ2) is 12.6. The van der Waals surface area contributed by atoms with Gasteiger partial charge in [0.25, 0.3) is 11.8 Å². The highest BCUT2D eigenvalue weighted by Crippen LogP contribution is 2.32. The number of anilines is 1. The monoisotopic (exact) mass is 548 g/mol.